The molecule has 7 heteroatoms. The maximum Gasteiger partial charge on any atom is 0.143 e. The number of aliphatic hydroxyl groups is 2. The Morgan fingerprint density at radius 1 is 1.04 bits per heavy atom. The number of aryl methyl sites for hydroxylation is 2. The van der Waals surface area contributed by atoms with Crippen LogP contribution in [0.3, 0.4) is 0 Å². The summed E-state index contributed by atoms with van der Waals surface area (Å²) in [6, 6.07) is 4.14. The van der Waals surface area contributed by atoms with Gasteiger partial charge in [-0.2, -0.15) is 0 Å². The van der Waals surface area contributed by atoms with Crippen LogP contribution in [-0.4, -0.2) is 74.7 Å². The molecular formula is C42H73NO6. The monoisotopic (exact) mass is 688 g/mol. The van der Waals surface area contributed by atoms with E-state index in [-0.39, 0.29) is 41.8 Å². The zero-order chi connectivity index (χ0) is 36.5. The number of phenols is 1. The number of carbonyl (C=O) groups excluding carboxylic acids is 1. The molecule has 0 bridgehead atoms. The first kappa shape index (κ1) is 41.9. The molecule has 2 aliphatic rings. The van der Waals surface area contributed by atoms with Crippen molar-refractivity contribution in [1.29, 1.82) is 0 Å². The van der Waals surface area contributed by atoms with Crippen molar-refractivity contribution in [2.24, 2.45) is 23.7 Å². The highest BCUT2D eigenvalue weighted by Crippen LogP contribution is 2.48. The van der Waals surface area contributed by atoms with Crippen LogP contribution in [0.2, 0.25) is 0 Å². The zero-order valence-corrected chi connectivity index (χ0v) is 32.9. The van der Waals surface area contributed by atoms with Gasteiger partial charge in [0.2, 0.25) is 0 Å². The van der Waals surface area contributed by atoms with Crippen molar-refractivity contribution in [2.75, 3.05) is 13.1 Å². The first-order valence-electron chi connectivity index (χ1n) is 20.0. The number of ketones is 1. The van der Waals surface area contributed by atoms with E-state index >= 15 is 0 Å². The minimum Gasteiger partial charge on any atom is -0.507 e. The Hall–Kier alpha value is -1.51. The number of benzene rings is 1. The van der Waals surface area contributed by atoms with E-state index in [0.717, 1.165) is 94.1 Å². The molecule has 3 rings (SSSR count). The minimum atomic E-state index is -0.801. The fourth-order valence-corrected chi connectivity index (χ4v) is 8.73. The lowest BCUT2D eigenvalue weighted by atomic mass is 9.76. The van der Waals surface area contributed by atoms with E-state index in [4.69, 9.17) is 9.47 Å². The first-order valence-corrected chi connectivity index (χ1v) is 20.0. The molecule has 0 amide bonds. The quantitative estimate of drug-likeness (QED) is 0.126. The predicted molar refractivity (Wildman–Crippen MR) is 200 cm³/mol. The summed E-state index contributed by atoms with van der Waals surface area (Å²) < 4.78 is 13.4. The number of nitrogens with zero attached hydrogens (tertiary/aromatic N) is 1. The normalized spacial score (nSPS) is 30.0. The van der Waals surface area contributed by atoms with Crippen LogP contribution in [0.4, 0.5) is 0 Å². The Morgan fingerprint density at radius 2 is 1.69 bits per heavy atom. The fourth-order valence-electron chi connectivity index (χ4n) is 8.73. The van der Waals surface area contributed by atoms with E-state index in [1.165, 1.54) is 0 Å². The highest BCUT2D eigenvalue weighted by Gasteiger charge is 2.55. The number of Topliss-reactive ketones (excluding diaryl/α,β-unsaturated/α-hetero) is 1. The van der Waals surface area contributed by atoms with Gasteiger partial charge in [-0.05, 0) is 114 Å². The number of aromatic hydroxyl groups is 1. The predicted octanol–water partition coefficient (Wildman–Crippen LogP) is 8.55. The van der Waals surface area contributed by atoms with Crippen LogP contribution in [0, 0.1) is 30.6 Å². The van der Waals surface area contributed by atoms with Gasteiger partial charge in [0.1, 0.15) is 11.5 Å². The molecule has 49 heavy (non-hydrogen) atoms. The van der Waals surface area contributed by atoms with Gasteiger partial charge in [0.25, 0.3) is 0 Å². The summed E-state index contributed by atoms with van der Waals surface area (Å²) in [5, 5.41) is 33.8. The molecule has 0 radical (unpaired) electrons. The van der Waals surface area contributed by atoms with Crippen molar-refractivity contribution in [3.63, 3.8) is 0 Å². The van der Waals surface area contributed by atoms with Crippen molar-refractivity contribution in [3.8, 4) is 5.75 Å². The largest absolute Gasteiger partial charge is 0.507 e. The number of carbonyl (C=O) groups is 1. The molecule has 0 aromatic heterocycles. The number of phenolic OH excluding ortho intramolecular Hbond substituents is 1. The average Bonchev–Trinajstić information content (AvgIpc) is 3.44. The Kier molecular flexibility index (Phi) is 16.1. The second-order valence-corrected chi connectivity index (χ2v) is 16.0. The summed E-state index contributed by atoms with van der Waals surface area (Å²) in [5.41, 5.74) is 1.75. The van der Waals surface area contributed by atoms with Gasteiger partial charge in [-0.3, -0.25) is 9.69 Å². The molecule has 1 aromatic carbocycles. The van der Waals surface area contributed by atoms with Gasteiger partial charge in [0.15, 0.2) is 0 Å². The summed E-state index contributed by atoms with van der Waals surface area (Å²) in [7, 11) is 0. The SMILES string of the molecule is CCCCN(CCCC)Cc1c(CC[C@@H](C)[C@H](O)[C@H](C)C(=O)[C@H](CC)[C@H]2O[C@](CC)([C@H]3CC[C@](O)(CC)[C@H](C)O3)C[C@@H]2C)ccc(C)c1O. The molecule has 1 aromatic rings. The van der Waals surface area contributed by atoms with Crippen LogP contribution >= 0.6 is 0 Å². The summed E-state index contributed by atoms with van der Waals surface area (Å²) in [6.45, 7) is 23.5. The van der Waals surface area contributed by atoms with E-state index in [1.54, 1.807) is 0 Å². The maximum atomic E-state index is 14.2. The molecule has 0 aliphatic carbocycles. The van der Waals surface area contributed by atoms with Crippen molar-refractivity contribution < 1.29 is 29.6 Å². The third-order valence-corrected chi connectivity index (χ3v) is 12.6. The second-order valence-electron chi connectivity index (χ2n) is 16.0. The van der Waals surface area contributed by atoms with Crippen molar-refractivity contribution in [3.05, 3.63) is 28.8 Å². The highest BCUT2D eigenvalue weighted by atomic mass is 16.6. The molecule has 282 valence electrons. The van der Waals surface area contributed by atoms with Gasteiger partial charge in [0.05, 0.1) is 35.6 Å². The molecule has 7 nitrogen and oxygen atoms in total. The molecule has 10 atom stereocenters. The van der Waals surface area contributed by atoms with Crippen molar-refractivity contribution in [2.45, 2.75) is 188 Å². The van der Waals surface area contributed by atoms with E-state index < -0.39 is 23.2 Å². The molecule has 2 aliphatic heterocycles. The van der Waals surface area contributed by atoms with Gasteiger partial charge >= 0.3 is 0 Å². The smallest absolute Gasteiger partial charge is 0.143 e. The minimum absolute atomic E-state index is 0.0834. The van der Waals surface area contributed by atoms with E-state index in [1.807, 2.05) is 40.7 Å². The number of rotatable bonds is 20. The number of hydrogen-bond donors (Lipinski definition) is 3. The number of unbranched alkanes of at least 4 members (excludes halogenated alkanes) is 2. The third kappa shape index (κ3) is 9.88. The molecule has 2 saturated heterocycles. The average molecular weight is 688 g/mol. The van der Waals surface area contributed by atoms with Crippen LogP contribution in [0.25, 0.3) is 0 Å². The van der Waals surface area contributed by atoms with Crippen molar-refractivity contribution in [1.82, 2.24) is 4.90 Å². The first-order chi connectivity index (χ1) is 23.2. The Morgan fingerprint density at radius 3 is 2.24 bits per heavy atom. The lowest BCUT2D eigenvalue weighted by Crippen LogP contribution is -2.55. The van der Waals surface area contributed by atoms with E-state index in [0.29, 0.717) is 25.0 Å². The topological polar surface area (TPSA) is 99.5 Å². The lowest BCUT2D eigenvalue weighted by molar-refractivity contribution is -0.229. The van der Waals surface area contributed by atoms with E-state index in [9.17, 15) is 20.1 Å². The third-order valence-electron chi connectivity index (χ3n) is 12.6. The van der Waals surface area contributed by atoms with Gasteiger partial charge in [-0.25, -0.2) is 0 Å². The highest BCUT2D eigenvalue weighted by molar-refractivity contribution is 5.84. The summed E-state index contributed by atoms with van der Waals surface area (Å²) in [6.07, 6.45) is 9.04. The number of aliphatic hydroxyl groups excluding tert-OH is 1. The maximum absolute atomic E-state index is 14.2. The van der Waals surface area contributed by atoms with Gasteiger partial charge in [0, 0.05) is 23.9 Å². The Balaban J connectivity index is 1.69. The second kappa shape index (κ2) is 18.8. The van der Waals surface area contributed by atoms with Crippen LogP contribution < -0.4 is 0 Å². The number of hydrogen-bond acceptors (Lipinski definition) is 7. The fraction of sp³-hybridized carbons (Fsp3) is 0.833. The molecule has 2 fully saturated rings. The van der Waals surface area contributed by atoms with Crippen LogP contribution in [-0.2, 0) is 27.2 Å². The summed E-state index contributed by atoms with van der Waals surface area (Å²) >= 11 is 0. The summed E-state index contributed by atoms with van der Waals surface area (Å²) in [4.78, 5) is 16.6. The number of ether oxygens (including phenoxy) is 2. The van der Waals surface area contributed by atoms with Gasteiger partial charge in [-0.1, -0.05) is 80.4 Å². The molecule has 2 heterocycles. The molecule has 3 N–H and O–H groups in total. The lowest BCUT2D eigenvalue weighted by Gasteiger charge is -2.47. The zero-order valence-electron chi connectivity index (χ0n) is 32.9. The van der Waals surface area contributed by atoms with Crippen LogP contribution in [0.5, 0.6) is 5.75 Å². The molecular weight excluding hydrogens is 614 g/mol. The molecule has 0 unspecified atom stereocenters. The van der Waals surface area contributed by atoms with Crippen LogP contribution in [0.15, 0.2) is 12.1 Å². The molecule has 0 saturated carbocycles. The summed E-state index contributed by atoms with van der Waals surface area (Å²) in [5.74, 6) is -0.242. The van der Waals surface area contributed by atoms with Crippen molar-refractivity contribution >= 4 is 5.78 Å². The standard InChI is InChI=1S/C42H73NO6/c1-11-16-24-43(25-17-12-2)27-35-33(21-19-29(7)38(35)45)20-18-28(6)37(44)31(9)39(46)34(13-3)40-30(8)26-42(15-5,49-40)36-22-23-41(47,14-4)32(10)48-36/h19,21,28,30-32,34,36-37,40,44-45,47H,11-18,20,22-27H2,1-10H3/t28-,30+,31+,32+,34+,36-,37+,40+,41-,42+/m1/s1. The Bertz CT molecular complexity index is 1170. The van der Waals surface area contributed by atoms with Gasteiger partial charge in [-0.15, -0.1) is 0 Å². The Labute approximate surface area is 299 Å². The van der Waals surface area contributed by atoms with Crippen LogP contribution in [0.1, 0.15) is 150 Å². The van der Waals surface area contributed by atoms with E-state index in [2.05, 4.69) is 45.6 Å². The van der Waals surface area contributed by atoms with Gasteiger partial charge < -0.3 is 24.8 Å². The molecule has 0 spiro atoms.